The van der Waals surface area contributed by atoms with Crippen LogP contribution in [0.5, 0.6) is 17.2 Å². The first-order valence-corrected chi connectivity index (χ1v) is 6.61. The molecular weight excluding hydrogens is 300 g/mol. The lowest BCUT2D eigenvalue weighted by atomic mass is 10.2. The fourth-order valence-corrected chi connectivity index (χ4v) is 1.99. The van der Waals surface area contributed by atoms with E-state index < -0.39 is 4.92 Å². The molecule has 7 heteroatoms. The predicted octanol–water partition coefficient (Wildman–Crippen LogP) is 3.06. The Bertz CT molecular complexity index is 768. The van der Waals surface area contributed by atoms with Gasteiger partial charge < -0.3 is 14.2 Å². The predicted molar refractivity (Wildman–Crippen MR) is 81.7 cm³/mol. The van der Waals surface area contributed by atoms with Gasteiger partial charge in [0, 0.05) is 12.1 Å². The number of nitro benzene ring substituents is 1. The van der Waals surface area contributed by atoms with Crippen molar-refractivity contribution in [2.45, 2.75) is 6.61 Å². The molecular formula is C16H14N2O5. The lowest BCUT2D eigenvalue weighted by molar-refractivity contribution is -0.385. The number of hydrogen-bond acceptors (Lipinski definition) is 6. The molecule has 0 bridgehead atoms. The number of hydrogen-bond donors (Lipinski definition) is 0. The molecule has 0 saturated heterocycles. The van der Waals surface area contributed by atoms with Crippen LogP contribution >= 0.6 is 0 Å². The van der Waals surface area contributed by atoms with Crippen LogP contribution in [0.25, 0.3) is 0 Å². The highest BCUT2D eigenvalue weighted by molar-refractivity contribution is 5.49. The van der Waals surface area contributed by atoms with Gasteiger partial charge in [-0.1, -0.05) is 6.07 Å². The topological polar surface area (TPSA) is 94.6 Å². The SMILES string of the molecule is COc1cc(C#N)ccc1OCc1ccc(OC)c([N+](=O)[O-])c1. The van der Waals surface area contributed by atoms with Gasteiger partial charge in [-0.3, -0.25) is 10.1 Å². The van der Waals surface area contributed by atoms with Crippen molar-refractivity contribution >= 4 is 5.69 Å². The van der Waals surface area contributed by atoms with E-state index in [9.17, 15) is 10.1 Å². The number of ether oxygens (including phenoxy) is 3. The van der Waals surface area contributed by atoms with E-state index in [1.165, 1.54) is 26.4 Å². The smallest absolute Gasteiger partial charge is 0.311 e. The van der Waals surface area contributed by atoms with Gasteiger partial charge in [0.25, 0.3) is 0 Å². The fourth-order valence-electron chi connectivity index (χ4n) is 1.99. The highest BCUT2D eigenvalue weighted by atomic mass is 16.6. The van der Waals surface area contributed by atoms with Crippen molar-refractivity contribution in [3.8, 4) is 23.3 Å². The van der Waals surface area contributed by atoms with Crippen LogP contribution in [0.15, 0.2) is 36.4 Å². The first kappa shape index (κ1) is 16.1. The van der Waals surface area contributed by atoms with E-state index in [0.29, 0.717) is 22.6 Å². The second kappa shape index (κ2) is 7.13. The zero-order valence-electron chi connectivity index (χ0n) is 12.6. The summed E-state index contributed by atoms with van der Waals surface area (Å²) in [7, 11) is 2.85. The molecule has 2 aromatic rings. The average molecular weight is 314 g/mol. The van der Waals surface area contributed by atoms with Crippen molar-refractivity contribution in [1.29, 1.82) is 5.26 Å². The monoisotopic (exact) mass is 314 g/mol. The molecule has 23 heavy (non-hydrogen) atoms. The largest absolute Gasteiger partial charge is 0.493 e. The summed E-state index contributed by atoms with van der Waals surface area (Å²) in [6.07, 6.45) is 0. The Morgan fingerprint density at radius 3 is 2.39 bits per heavy atom. The average Bonchev–Trinajstić information content (AvgIpc) is 2.59. The summed E-state index contributed by atoms with van der Waals surface area (Å²) in [5.41, 5.74) is 0.943. The standard InChI is InChI=1S/C16H14N2O5/c1-21-14-5-4-12(7-13(14)18(19)20)10-23-15-6-3-11(9-17)8-16(15)22-2/h3-8H,10H2,1-2H3. The molecule has 0 heterocycles. The zero-order chi connectivity index (χ0) is 16.8. The second-order valence-corrected chi connectivity index (χ2v) is 4.53. The van der Waals surface area contributed by atoms with Crippen LogP contribution < -0.4 is 14.2 Å². The highest BCUT2D eigenvalue weighted by Crippen LogP contribution is 2.31. The third-order valence-corrected chi connectivity index (χ3v) is 3.13. The van der Waals surface area contributed by atoms with Crippen LogP contribution in [-0.2, 0) is 6.61 Å². The van der Waals surface area contributed by atoms with Crippen molar-refractivity contribution in [2.24, 2.45) is 0 Å². The van der Waals surface area contributed by atoms with Gasteiger partial charge in [0.15, 0.2) is 17.2 Å². The molecule has 0 radical (unpaired) electrons. The Hall–Kier alpha value is -3.27. The number of methoxy groups -OCH3 is 2. The molecule has 0 amide bonds. The lowest BCUT2D eigenvalue weighted by Crippen LogP contribution is -2.00. The van der Waals surface area contributed by atoms with Crippen molar-refractivity contribution < 1.29 is 19.1 Å². The molecule has 0 saturated carbocycles. The van der Waals surface area contributed by atoms with Gasteiger partial charge in [0.2, 0.25) is 0 Å². The minimum absolute atomic E-state index is 0.118. The third kappa shape index (κ3) is 3.68. The summed E-state index contributed by atoms with van der Waals surface area (Å²) in [6.45, 7) is 0.118. The molecule has 7 nitrogen and oxygen atoms in total. The summed E-state index contributed by atoms with van der Waals surface area (Å²) in [5.74, 6) is 1.06. The number of nitrogens with zero attached hydrogens (tertiary/aromatic N) is 2. The van der Waals surface area contributed by atoms with E-state index in [2.05, 4.69) is 0 Å². The maximum atomic E-state index is 11.0. The summed E-state index contributed by atoms with van der Waals surface area (Å²) in [4.78, 5) is 10.5. The van der Waals surface area contributed by atoms with E-state index in [4.69, 9.17) is 19.5 Å². The van der Waals surface area contributed by atoms with Crippen molar-refractivity contribution in [3.63, 3.8) is 0 Å². The molecule has 0 aliphatic heterocycles. The minimum atomic E-state index is -0.509. The van der Waals surface area contributed by atoms with Crippen LogP contribution in [0.3, 0.4) is 0 Å². The van der Waals surface area contributed by atoms with Gasteiger partial charge in [-0.05, 0) is 23.8 Å². The number of nitro groups is 1. The summed E-state index contributed by atoms with van der Waals surface area (Å²) in [6, 6.07) is 11.4. The molecule has 0 N–H and O–H groups in total. The van der Waals surface area contributed by atoms with Crippen LogP contribution in [0.1, 0.15) is 11.1 Å². The van der Waals surface area contributed by atoms with Gasteiger partial charge in [0.05, 0.1) is 30.8 Å². The van der Waals surface area contributed by atoms with Gasteiger partial charge in [-0.15, -0.1) is 0 Å². The molecule has 0 fully saturated rings. The molecule has 0 unspecified atom stereocenters. The van der Waals surface area contributed by atoms with Crippen molar-refractivity contribution in [1.82, 2.24) is 0 Å². The van der Waals surface area contributed by atoms with E-state index in [-0.39, 0.29) is 18.0 Å². The third-order valence-electron chi connectivity index (χ3n) is 3.13. The fraction of sp³-hybridized carbons (Fsp3) is 0.188. The maximum absolute atomic E-state index is 11.0. The van der Waals surface area contributed by atoms with E-state index in [0.717, 1.165) is 0 Å². The van der Waals surface area contributed by atoms with E-state index in [1.54, 1.807) is 24.3 Å². The van der Waals surface area contributed by atoms with E-state index in [1.807, 2.05) is 6.07 Å². The second-order valence-electron chi connectivity index (χ2n) is 4.53. The Kier molecular flexibility index (Phi) is 5.00. The molecule has 0 aromatic heterocycles. The number of benzene rings is 2. The molecule has 2 aromatic carbocycles. The van der Waals surface area contributed by atoms with E-state index >= 15 is 0 Å². The Morgan fingerprint density at radius 2 is 1.78 bits per heavy atom. The maximum Gasteiger partial charge on any atom is 0.311 e. The van der Waals surface area contributed by atoms with Gasteiger partial charge >= 0.3 is 5.69 Å². The van der Waals surface area contributed by atoms with Crippen LogP contribution in [0.4, 0.5) is 5.69 Å². The zero-order valence-corrected chi connectivity index (χ0v) is 12.6. The molecule has 0 aliphatic rings. The lowest BCUT2D eigenvalue weighted by Gasteiger charge is -2.11. The Morgan fingerprint density at radius 1 is 1.09 bits per heavy atom. The highest BCUT2D eigenvalue weighted by Gasteiger charge is 2.15. The first-order valence-electron chi connectivity index (χ1n) is 6.61. The van der Waals surface area contributed by atoms with Gasteiger partial charge in [-0.25, -0.2) is 0 Å². The Labute approximate surface area is 132 Å². The Balaban J connectivity index is 2.20. The molecule has 0 spiro atoms. The molecule has 2 rings (SSSR count). The number of rotatable bonds is 6. The summed E-state index contributed by atoms with van der Waals surface area (Å²) in [5, 5.41) is 19.9. The normalized spacial score (nSPS) is 9.78. The molecule has 0 atom stereocenters. The van der Waals surface area contributed by atoms with Crippen LogP contribution in [-0.4, -0.2) is 19.1 Å². The van der Waals surface area contributed by atoms with Crippen molar-refractivity contribution in [2.75, 3.05) is 14.2 Å². The summed E-state index contributed by atoms with van der Waals surface area (Å²) < 4.78 is 15.7. The quantitative estimate of drug-likeness (QED) is 0.600. The van der Waals surface area contributed by atoms with Gasteiger partial charge in [-0.2, -0.15) is 5.26 Å². The number of nitriles is 1. The van der Waals surface area contributed by atoms with Crippen LogP contribution in [0, 0.1) is 21.4 Å². The van der Waals surface area contributed by atoms with Gasteiger partial charge in [0.1, 0.15) is 6.61 Å². The summed E-state index contributed by atoms with van der Waals surface area (Å²) >= 11 is 0. The first-order chi connectivity index (χ1) is 11.1. The van der Waals surface area contributed by atoms with Crippen LogP contribution in [0.2, 0.25) is 0 Å². The molecule has 118 valence electrons. The minimum Gasteiger partial charge on any atom is -0.493 e. The molecule has 0 aliphatic carbocycles. The van der Waals surface area contributed by atoms with Crippen molar-refractivity contribution in [3.05, 3.63) is 57.6 Å².